The summed E-state index contributed by atoms with van der Waals surface area (Å²) in [5.74, 6) is -1.05. The molecule has 0 N–H and O–H groups in total. The van der Waals surface area contributed by atoms with Crippen molar-refractivity contribution in [2.75, 3.05) is 7.11 Å². The molecule has 0 radical (unpaired) electrons. The highest BCUT2D eigenvalue weighted by Crippen LogP contribution is 2.24. The first kappa shape index (κ1) is 11.7. The second-order valence-corrected chi connectivity index (χ2v) is 3.55. The third kappa shape index (κ3) is 2.54. The highest BCUT2D eigenvalue weighted by Gasteiger charge is 2.13. The van der Waals surface area contributed by atoms with E-state index >= 15 is 0 Å². The normalized spacial score (nSPS) is 9.47. The van der Waals surface area contributed by atoms with Gasteiger partial charge >= 0.3 is 5.97 Å². The number of benzene rings is 1. The Hall–Kier alpha value is -1.41. The topological polar surface area (TPSA) is 50.1 Å². The monoisotopic (exact) mass is 271 g/mol. The fraction of sp³-hybridized carbons (Fsp3) is 0.200. The number of nitrogens with zero attached hydrogens (tertiary/aromatic N) is 1. The Balaban J connectivity index is 3.12. The molecule has 0 aliphatic carbocycles. The number of rotatable bonds is 2. The highest BCUT2D eigenvalue weighted by atomic mass is 79.9. The van der Waals surface area contributed by atoms with Crippen LogP contribution < -0.4 is 0 Å². The van der Waals surface area contributed by atoms with E-state index in [1.54, 1.807) is 6.07 Å². The summed E-state index contributed by atoms with van der Waals surface area (Å²) in [4.78, 5) is 11.0. The van der Waals surface area contributed by atoms with Gasteiger partial charge in [-0.1, -0.05) is 6.07 Å². The number of carbonyl (C=O) groups excluding carboxylic acids is 1. The zero-order chi connectivity index (χ0) is 11.4. The van der Waals surface area contributed by atoms with E-state index in [1.807, 2.05) is 0 Å². The Kier molecular flexibility index (Phi) is 3.81. The first-order valence-corrected chi connectivity index (χ1v) is 4.83. The van der Waals surface area contributed by atoms with Crippen LogP contribution in [0.25, 0.3) is 0 Å². The second kappa shape index (κ2) is 4.89. The smallest absolute Gasteiger partial charge is 0.310 e. The maximum absolute atomic E-state index is 13.1. The molecule has 0 aliphatic rings. The molecule has 1 aromatic carbocycles. The molecule has 15 heavy (non-hydrogen) atoms. The molecule has 1 rings (SSSR count). The number of ether oxygens (including phenoxy) is 1. The van der Waals surface area contributed by atoms with Gasteiger partial charge in [-0.25, -0.2) is 4.39 Å². The van der Waals surface area contributed by atoms with Gasteiger partial charge in [-0.05, 0) is 27.6 Å². The van der Waals surface area contributed by atoms with Crippen LogP contribution in [0.1, 0.15) is 11.1 Å². The van der Waals surface area contributed by atoms with E-state index in [0.717, 1.165) is 6.07 Å². The molecule has 0 atom stereocenters. The van der Waals surface area contributed by atoms with Crippen LogP contribution in [0.4, 0.5) is 4.39 Å². The van der Waals surface area contributed by atoms with Crippen LogP contribution in [0.3, 0.4) is 0 Å². The molecule has 0 aliphatic heterocycles. The number of hydrogen-bond donors (Lipinski definition) is 0. The summed E-state index contributed by atoms with van der Waals surface area (Å²) in [6.45, 7) is 0. The van der Waals surface area contributed by atoms with Crippen molar-refractivity contribution < 1.29 is 13.9 Å². The quantitative estimate of drug-likeness (QED) is 0.775. The molecule has 0 saturated carbocycles. The Labute approximate surface area is 94.6 Å². The minimum Gasteiger partial charge on any atom is -0.469 e. The van der Waals surface area contributed by atoms with Crippen molar-refractivity contribution in [1.82, 2.24) is 0 Å². The van der Waals surface area contributed by atoms with Crippen LogP contribution in [0.2, 0.25) is 0 Å². The summed E-state index contributed by atoms with van der Waals surface area (Å²) in [5, 5.41) is 8.68. The zero-order valence-electron chi connectivity index (χ0n) is 7.88. The Morgan fingerprint density at radius 3 is 2.87 bits per heavy atom. The summed E-state index contributed by atoms with van der Waals surface area (Å²) < 4.78 is 17.9. The van der Waals surface area contributed by atoms with Gasteiger partial charge in [0.15, 0.2) is 0 Å². The van der Waals surface area contributed by atoms with Gasteiger partial charge in [0.2, 0.25) is 0 Å². The van der Waals surface area contributed by atoms with E-state index in [2.05, 4.69) is 20.7 Å². The third-order valence-electron chi connectivity index (χ3n) is 1.85. The van der Waals surface area contributed by atoms with Crippen LogP contribution in [0, 0.1) is 17.1 Å². The number of hydrogen-bond acceptors (Lipinski definition) is 3. The van der Waals surface area contributed by atoms with Crippen molar-refractivity contribution in [3.63, 3.8) is 0 Å². The van der Waals surface area contributed by atoms with Crippen molar-refractivity contribution in [1.29, 1.82) is 5.26 Å². The third-order valence-corrected chi connectivity index (χ3v) is 2.75. The zero-order valence-corrected chi connectivity index (χ0v) is 9.47. The summed E-state index contributed by atoms with van der Waals surface area (Å²) in [7, 11) is 1.27. The van der Waals surface area contributed by atoms with Crippen molar-refractivity contribution in [3.05, 3.63) is 33.5 Å². The largest absolute Gasteiger partial charge is 0.469 e. The van der Waals surface area contributed by atoms with E-state index in [9.17, 15) is 9.18 Å². The molecule has 3 nitrogen and oxygen atoms in total. The van der Waals surface area contributed by atoms with Gasteiger partial charge in [-0.15, -0.1) is 0 Å². The van der Waals surface area contributed by atoms with Gasteiger partial charge in [0, 0.05) is 4.47 Å². The van der Waals surface area contributed by atoms with Gasteiger partial charge in [0.05, 0.1) is 13.5 Å². The first-order chi connectivity index (χ1) is 7.10. The van der Waals surface area contributed by atoms with Gasteiger partial charge in [0.25, 0.3) is 0 Å². The average Bonchev–Trinajstić information content (AvgIpc) is 2.23. The molecule has 0 heterocycles. The van der Waals surface area contributed by atoms with E-state index in [4.69, 9.17) is 5.26 Å². The molecule has 78 valence electrons. The number of nitriles is 1. The van der Waals surface area contributed by atoms with Gasteiger partial charge in [-0.2, -0.15) is 5.26 Å². The van der Waals surface area contributed by atoms with Crippen molar-refractivity contribution >= 4 is 21.9 Å². The molecule has 0 bridgehead atoms. The van der Waals surface area contributed by atoms with Crippen molar-refractivity contribution in [3.8, 4) is 6.07 Å². The van der Waals surface area contributed by atoms with Crippen LogP contribution >= 0.6 is 15.9 Å². The minimum absolute atomic E-state index is 0.00600. The number of methoxy groups -OCH3 is 1. The van der Waals surface area contributed by atoms with E-state index in [-0.39, 0.29) is 12.0 Å². The predicted octanol–water partition coefficient (Wildman–Crippen LogP) is 2.18. The van der Waals surface area contributed by atoms with Crippen LogP contribution in [-0.2, 0) is 16.0 Å². The molecule has 5 heteroatoms. The minimum atomic E-state index is -0.613. The fourth-order valence-corrected chi connectivity index (χ4v) is 1.61. The lowest BCUT2D eigenvalue weighted by atomic mass is 10.1. The molecule has 0 unspecified atom stereocenters. The SMILES string of the molecule is COC(=O)Cc1ccc(F)c(C#N)c1Br. The van der Waals surface area contributed by atoms with Crippen LogP contribution in [0.5, 0.6) is 0 Å². The summed E-state index contributed by atoms with van der Waals surface area (Å²) in [5.41, 5.74) is 0.427. The van der Waals surface area contributed by atoms with E-state index in [1.165, 1.54) is 13.2 Å². The molecule has 1 aromatic rings. The summed E-state index contributed by atoms with van der Waals surface area (Å²) in [6.07, 6.45) is 0.00600. The number of carbonyl (C=O) groups is 1. The van der Waals surface area contributed by atoms with E-state index < -0.39 is 11.8 Å². The molecular weight excluding hydrogens is 265 g/mol. The Morgan fingerprint density at radius 2 is 2.33 bits per heavy atom. The molecule has 0 fully saturated rings. The highest BCUT2D eigenvalue weighted by molar-refractivity contribution is 9.10. The van der Waals surface area contributed by atoms with Crippen molar-refractivity contribution in [2.24, 2.45) is 0 Å². The van der Waals surface area contributed by atoms with Crippen molar-refractivity contribution in [2.45, 2.75) is 6.42 Å². The molecule has 0 aromatic heterocycles. The number of esters is 1. The fourth-order valence-electron chi connectivity index (χ4n) is 1.06. The molecule has 0 saturated heterocycles. The predicted molar refractivity (Wildman–Crippen MR) is 54.5 cm³/mol. The number of halogens is 2. The maximum atomic E-state index is 13.1. The van der Waals surface area contributed by atoms with Gasteiger partial charge in [-0.3, -0.25) is 4.79 Å². The molecule has 0 amide bonds. The maximum Gasteiger partial charge on any atom is 0.310 e. The average molecular weight is 272 g/mol. The first-order valence-electron chi connectivity index (χ1n) is 4.04. The van der Waals surface area contributed by atoms with Gasteiger partial charge in [0.1, 0.15) is 17.4 Å². The van der Waals surface area contributed by atoms with Crippen LogP contribution in [0.15, 0.2) is 16.6 Å². The standard InChI is InChI=1S/C10H7BrFNO2/c1-15-9(14)4-6-2-3-8(12)7(5-13)10(6)11/h2-3H,4H2,1H3. The van der Waals surface area contributed by atoms with E-state index in [0.29, 0.717) is 10.0 Å². The lowest BCUT2D eigenvalue weighted by Gasteiger charge is -2.05. The lowest BCUT2D eigenvalue weighted by molar-refractivity contribution is -0.139. The summed E-state index contributed by atoms with van der Waals surface area (Å²) in [6, 6.07) is 4.32. The second-order valence-electron chi connectivity index (χ2n) is 2.76. The summed E-state index contributed by atoms with van der Waals surface area (Å²) >= 11 is 3.08. The lowest BCUT2D eigenvalue weighted by Crippen LogP contribution is -2.06. The molecular formula is C10H7BrFNO2. The Bertz CT molecular complexity index is 440. The van der Waals surface area contributed by atoms with Gasteiger partial charge < -0.3 is 4.74 Å². The molecule has 0 spiro atoms. The van der Waals surface area contributed by atoms with Crippen LogP contribution in [-0.4, -0.2) is 13.1 Å². The Morgan fingerprint density at radius 1 is 1.67 bits per heavy atom.